The molecule has 0 aromatic heterocycles. The van der Waals surface area contributed by atoms with E-state index in [0.717, 1.165) is 13.1 Å². The lowest BCUT2D eigenvalue weighted by molar-refractivity contribution is -0.121. The smallest absolute Gasteiger partial charge is 0.221 e. The first-order valence-electron chi connectivity index (χ1n) is 6.99. The van der Waals surface area contributed by atoms with Crippen molar-refractivity contribution in [2.24, 2.45) is 0 Å². The molecule has 1 atom stereocenters. The van der Waals surface area contributed by atoms with Gasteiger partial charge in [0.05, 0.1) is 0 Å². The van der Waals surface area contributed by atoms with Crippen LogP contribution in [0.4, 0.5) is 0 Å². The summed E-state index contributed by atoms with van der Waals surface area (Å²) < 4.78 is 0. The van der Waals surface area contributed by atoms with Crippen LogP contribution in [0.25, 0.3) is 0 Å². The lowest BCUT2D eigenvalue weighted by Gasteiger charge is -2.21. The molecule has 0 aromatic carbocycles. The van der Waals surface area contributed by atoms with E-state index in [2.05, 4.69) is 22.5 Å². The molecule has 17 heavy (non-hydrogen) atoms. The molecule has 0 spiro atoms. The summed E-state index contributed by atoms with van der Waals surface area (Å²) in [6.45, 7) is 6.33. The van der Waals surface area contributed by atoms with Gasteiger partial charge in [0.15, 0.2) is 0 Å². The average molecular weight is 239 g/mol. The number of likely N-dealkylation sites (tertiary alicyclic amines) is 1. The molecule has 1 saturated carbocycles. The van der Waals surface area contributed by atoms with E-state index in [1.165, 1.54) is 38.8 Å². The molecule has 0 bridgehead atoms. The second-order valence-electron chi connectivity index (χ2n) is 5.45. The van der Waals surface area contributed by atoms with Crippen LogP contribution in [0.3, 0.4) is 0 Å². The van der Waals surface area contributed by atoms with Gasteiger partial charge in [-0.1, -0.05) is 0 Å². The second-order valence-corrected chi connectivity index (χ2v) is 5.45. The average Bonchev–Trinajstić information content (AvgIpc) is 2.95. The Bertz CT molecular complexity index is 247. The minimum Gasteiger partial charge on any atom is -0.352 e. The molecule has 0 radical (unpaired) electrons. The first kappa shape index (κ1) is 12.8. The minimum absolute atomic E-state index is 0.185. The van der Waals surface area contributed by atoms with Gasteiger partial charge < -0.3 is 15.5 Å². The molecule has 2 aliphatic rings. The molecule has 98 valence electrons. The molecule has 1 saturated heterocycles. The molecular formula is C13H25N3O. The van der Waals surface area contributed by atoms with Crippen LogP contribution >= 0.6 is 0 Å². The van der Waals surface area contributed by atoms with Crippen LogP contribution in [0.1, 0.15) is 39.0 Å². The molecule has 2 rings (SSSR count). The number of carbonyl (C=O) groups is 1. The standard InChI is InChI=1S/C13H25N3O/c1-11(10-16-8-2-3-9-16)15-13(17)6-7-14-12-4-5-12/h11-12,14H,2-10H2,1H3,(H,15,17). The maximum atomic E-state index is 11.7. The van der Waals surface area contributed by atoms with Crippen LogP contribution in [-0.4, -0.2) is 49.1 Å². The third kappa shape index (κ3) is 5.04. The predicted molar refractivity (Wildman–Crippen MR) is 68.9 cm³/mol. The largest absolute Gasteiger partial charge is 0.352 e. The Hall–Kier alpha value is -0.610. The zero-order valence-electron chi connectivity index (χ0n) is 10.9. The number of hydrogen-bond donors (Lipinski definition) is 2. The fraction of sp³-hybridized carbons (Fsp3) is 0.923. The minimum atomic E-state index is 0.185. The van der Waals surface area contributed by atoms with Crippen LogP contribution < -0.4 is 10.6 Å². The van der Waals surface area contributed by atoms with Crippen molar-refractivity contribution in [3.05, 3.63) is 0 Å². The van der Waals surface area contributed by atoms with Gasteiger partial charge in [0, 0.05) is 31.6 Å². The highest BCUT2D eigenvalue weighted by molar-refractivity contribution is 5.76. The van der Waals surface area contributed by atoms with E-state index in [0.29, 0.717) is 12.5 Å². The van der Waals surface area contributed by atoms with Crippen molar-refractivity contribution < 1.29 is 4.79 Å². The van der Waals surface area contributed by atoms with Crippen molar-refractivity contribution in [1.82, 2.24) is 15.5 Å². The highest BCUT2D eigenvalue weighted by Crippen LogP contribution is 2.18. The molecule has 1 amide bonds. The Morgan fingerprint density at radius 1 is 1.35 bits per heavy atom. The van der Waals surface area contributed by atoms with Crippen molar-refractivity contribution in [3.8, 4) is 0 Å². The number of rotatable bonds is 7. The Balaban J connectivity index is 1.52. The van der Waals surface area contributed by atoms with Crippen molar-refractivity contribution >= 4 is 5.91 Å². The van der Waals surface area contributed by atoms with Gasteiger partial charge in [-0.25, -0.2) is 0 Å². The lowest BCUT2D eigenvalue weighted by Crippen LogP contribution is -2.41. The predicted octanol–water partition coefficient (Wildman–Crippen LogP) is 0.729. The van der Waals surface area contributed by atoms with Crippen LogP contribution in [0.2, 0.25) is 0 Å². The van der Waals surface area contributed by atoms with Gasteiger partial charge in [-0.2, -0.15) is 0 Å². The van der Waals surface area contributed by atoms with Gasteiger partial charge in [-0.15, -0.1) is 0 Å². The number of nitrogens with one attached hydrogen (secondary N) is 2. The van der Waals surface area contributed by atoms with Gasteiger partial charge in [0.25, 0.3) is 0 Å². The van der Waals surface area contributed by atoms with E-state index in [-0.39, 0.29) is 11.9 Å². The molecule has 0 aromatic rings. The normalized spacial score (nSPS) is 22.6. The van der Waals surface area contributed by atoms with Gasteiger partial charge >= 0.3 is 0 Å². The van der Waals surface area contributed by atoms with Gasteiger partial charge in [-0.3, -0.25) is 4.79 Å². The Labute approximate surface area is 104 Å². The van der Waals surface area contributed by atoms with Crippen molar-refractivity contribution in [3.63, 3.8) is 0 Å². The summed E-state index contributed by atoms with van der Waals surface area (Å²) in [6, 6.07) is 0.978. The van der Waals surface area contributed by atoms with E-state index < -0.39 is 0 Å². The van der Waals surface area contributed by atoms with Gasteiger partial charge in [0.1, 0.15) is 0 Å². The molecule has 1 heterocycles. The molecule has 4 nitrogen and oxygen atoms in total. The van der Waals surface area contributed by atoms with Crippen LogP contribution in [-0.2, 0) is 4.79 Å². The summed E-state index contributed by atoms with van der Waals surface area (Å²) in [5.74, 6) is 0.185. The Morgan fingerprint density at radius 2 is 2.06 bits per heavy atom. The van der Waals surface area contributed by atoms with Crippen molar-refractivity contribution in [1.29, 1.82) is 0 Å². The quantitative estimate of drug-likeness (QED) is 0.688. The topological polar surface area (TPSA) is 44.4 Å². The molecule has 2 fully saturated rings. The molecule has 1 unspecified atom stereocenters. The van der Waals surface area contributed by atoms with Crippen molar-refractivity contribution in [2.45, 2.75) is 51.1 Å². The van der Waals surface area contributed by atoms with Crippen molar-refractivity contribution in [2.75, 3.05) is 26.2 Å². The first-order valence-corrected chi connectivity index (χ1v) is 6.99. The SMILES string of the molecule is CC(CN1CCCC1)NC(=O)CCNC1CC1. The monoisotopic (exact) mass is 239 g/mol. The van der Waals surface area contributed by atoms with E-state index in [9.17, 15) is 4.79 Å². The zero-order valence-corrected chi connectivity index (χ0v) is 10.9. The summed E-state index contributed by atoms with van der Waals surface area (Å²) >= 11 is 0. The highest BCUT2D eigenvalue weighted by atomic mass is 16.1. The molecule has 4 heteroatoms. The summed E-state index contributed by atoms with van der Waals surface area (Å²) in [5.41, 5.74) is 0. The second kappa shape index (κ2) is 6.36. The summed E-state index contributed by atoms with van der Waals surface area (Å²) in [5, 5.41) is 6.44. The number of nitrogens with zero attached hydrogens (tertiary/aromatic N) is 1. The van der Waals surface area contributed by atoms with Gasteiger partial charge in [-0.05, 0) is 45.7 Å². The number of hydrogen-bond acceptors (Lipinski definition) is 3. The van der Waals surface area contributed by atoms with Crippen LogP contribution in [0.15, 0.2) is 0 Å². The lowest BCUT2D eigenvalue weighted by atomic mass is 10.3. The summed E-state index contributed by atoms with van der Waals surface area (Å²) in [7, 11) is 0. The third-order valence-corrected chi connectivity index (χ3v) is 3.50. The summed E-state index contributed by atoms with van der Waals surface area (Å²) in [4.78, 5) is 14.1. The first-order chi connectivity index (χ1) is 8.24. The maximum Gasteiger partial charge on any atom is 0.221 e. The van der Waals surface area contributed by atoms with Crippen LogP contribution in [0.5, 0.6) is 0 Å². The molecule has 1 aliphatic carbocycles. The Morgan fingerprint density at radius 3 is 2.71 bits per heavy atom. The third-order valence-electron chi connectivity index (χ3n) is 3.50. The fourth-order valence-electron chi connectivity index (χ4n) is 2.42. The van der Waals surface area contributed by atoms with E-state index in [1.807, 2.05) is 0 Å². The van der Waals surface area contributed by atoms with E-state index in [4.69, 9.17) is 0 Å². The molecule has 2 N–H and O–H groups in total. The zero-order chi connectivity index (χ0) is 12.1. The summed E-state index contributed by atoms with van der Waals surface area (Å²) in [6.07, 6.45) is 5.80. The van der Waals surface area contributed by atoms with Crippen LogP contribution in [0, 0.1) is 0 Å². The fourth-order valence-corrected chi connectivity index (χ4v) is 2.42. The number of amides is 1. The Kier molecular flexibility index (Phi) is 4.80. The number of carbonyl (C=O) groups excluding carboxylic acids is 1. The maximum absolute atomic E-state index is 11.7. The molecular weight excluding hydrogens is 214 g/mol. The highest BCUT2D eigenvalue weighted by Gasteiger charge is 2.20. The van der Waals surface area contributed by atoms with Gasteiger partial charge in [0.2, 0.25) is 5.91 Å². The molecule has 1 aliphatic heterocycles. The van der Waals surface area contributed by atoms with E-state index in [1.54, 1.807) is 0 Å². The van der Waals surface area contributed by atoms with E-state index >= 15 is 0 Å².